The summed E-state index contributed by atoms with van der Waals surface area (Å²) in [5.41, 5.74) is 14.0. The van der Waals surface area contributed by atoms with E-state index in [1.54, 1.807) is 0 Å². The van der Waals surface area contributed by atoms with Gasteiger partial charge in [0.05, 0.1) is 6.61 Å². The van der Waals surface area contributed by atoms with Gasteiger partial charge < -0.3 is 9.84 Å². The van der Waals surface area contributed by atoms with Crippen LogP contribution in [0.5, 0.6) is 5.75 Å². The van der Waals surface area contributed by atoms with Crippen LogP contribution in [0.1, 0.15) is 16.7 Å². The number of benzene rings is 5. The first-order chi connectivity index (χ1) is 17.7. The van der Waals surface area contributed by atoms with Crippen LogP contribution in [-0.4, -0.2) is 18.3 Å². The summed E-state index contributed by atoms with van der Waals surface area (Å²) in [6, 6.07) is 39.1. The number of rotatable bonds is 6. The molecule has 0 aromatic heterocycles. The molecule has 2 nitrogen and oxygen atoms in total. The minimum absolute atomic E-state index is 0.0116. The highest BCUT2D eigenvalue weighted by molar-refractivity contribution is 6.00. The zero-order valence-corrected chi connectivity index (χ0v) is 20.4. The Kier molecular flexibility index (Phi) is 5.88. The number of hydrogen-bond donors (Lipinski definition) is 1. The van der Waals surface area contributed by atoms with Crippen molar-refractivity contribution in [2.75, 3.05) is 13.2 Å². The first-order valence-corrected chi connectivity index (χ1v) is 12.5. The molecular weight excluding hydrogens is 440 g/mol. The highest BCUT2D eigenvalue weighted by Crippen LogP contribution is 2.50. The zero-order valence-electron chi connectivity index (χ0n) is 20.4. The van der Waals surface area contributed by atoms with Crippen molar-refractivity contribution in [2.24, 2.45) is 0 Å². The third-order valence-corrected chi connectivity index (χ3v) is 7.09. The minimum atomic E-state index is 0.0116. The molecule has 0 bridgehead atoms. The Balaban J connectivity index is 1.58. The van der Waals surface area contributed by atoms with Crippen LogP contribution in [0, 0.1) is 6.92 Å². The summed E-state index contributed by atoms with van der Waals surface area (Å²) in [4.78, 5) is 0. The quantitative estimate of drug-likeness (QED) is 0.269. The normalized spacial score (nSPS) is 11.7. The molecule has 2 heteroatoms. The number of fused-ring (bicyclic) bond motifs is 3. The molecule has 0 saturated heterocycles. The van der Waals surface area contributed by atoms with Gasteiger partial charge in [-0.15, -0.1) is 0 Å². The third kappa shape index (κ3) is 3.90. The molecule has 0 aliphatic heterocycles. The maximum absolute atomic E-state index is 9.14. The third-order valence-electron chi connectivity index (χ3n) is 7.09. The summed E-state index contributed by atoms with van der Waals surface area (Å²) in [7, 11) is 0. The van der Waals surface area contributed by atoms with E-state index < -0.39 is 0 Å². The Bertz CT molecular complexity index is 1540. The fraction of sp³-hybridized carbons (Fsp3) is 0.118. The van der Waals surface area contributed by atoms with Crippen LogP contribution < -0.4 is 4.74 Å². The monoisotopic (exact) mass is 468 g/mol. The van der Waals surface area contributed by atoms with Gasteiger partial charge in [-0.05, 0) is 86.7 Å². The van der Waals surface area contributed by atoms with Gasteiger partial charge in [-0.2, -0.15) is 0 Å². The predicted molar refractivity (Wildman–Crippen MR) is 148 cm³/mol. The van der Waals surface area contributed by atoms with Gasteiger partial charge in [-0.25, -0.2) is 0 Å². The lowest BCUT2D eigenvalue weighted by Gasteiger charge is -2.17. The van der Waals surface area contributed by atoms with Gasteiger partial charge in [0, 0.05) is 0 Å². The predicted octanol–water partition coefficient (Wildman–Crippen LogP) is 7.94. The molecule has 0 atom stereocenters. The van der Waals surface area contributed by atoms with Crippen molar-refractivity contribution in [3.8, 4) is 50.3 Å². The van der Waals surface area contributed by atoms with E-state index in [1.165, 1.54) is 55.6 Å². The van der Waals surface area contributed by atoms with Crippen molar-refractivity contribution >= 4 is 0 Å². The molecule has 1 aliphatic rings. The van der Waals surface area contributed by atoms with E-state index in [9.17, 15) is 0 Å². The Morgan fingerprint density at radius 1 is 0.639 bits per heavy atom. The number of aliphatic hydroxyl groups is 1. The molecule has 176 valence electrons. The molecule has 6 rings (SSSR count). The molecular formula is C34H28O2. The van der Waals surface area contributed by atoms with Gasteiger partial charge in [0.1, 0.15) is 12.4 Å². The summed E-state index contributed by atoms with van der Waals surface area (Å²) in [5, 5.41) is 9.14. The van der Waals surface area contributed by atoms with E-state index in [0.29, 0.717) is 6.61 Å². The summed E-state index contributed by atoms with van der Waals surface area (Å²) in [6.45, 7) is 2.38. The van der Waals surface area contributed by atoms with Gasteiger partial charge in [-0.3, -0.25) is 0 Å². The summed E-state index contributed by atoms with van der Waals surface area (Å²) < 4.78 is 5.71. The van der Waals surface area contributed by atoms with Crippen molar-refractivity contribution in [3.05, 3.63) is 126 Å². The molecule has 0 fully saturated rings. The highest BCUT2D eigenvalue weighted by Gasteiger charge is 2.28. The van der Waals surface area contributed by atoms with Gasteiger partial charge in [-0.1, -0.05) is 97.1 Å². The van der Waals surface area contributed by atoms with Crippen LogP contribution in [0.2, 0.25) is 0 Å². The van der Waals surface area contributed by atoms with E-state index >= 15 is 0 Å². The summed E-state index contributed by atoms with van der Waals surface area (Å²) in [5.74, 6) is 0.819. The van der Waals surface area contributed by atoms with Crippen molar-refractivity contribution in [2.45, 2.75) is 13.3 Å². The van der Waals surface area contributed by atoms with Gasteiger partial charge in [0.15, 0.2) is 0 Å². The molecule has 0 heterocycles. The molecule has 0 spiro atoms. The second kappa shape index (κ2) is 9.49. The second-order valence-corrected chi connectivity index (χ2v) is 9.32. The van der Waals surface area contributed by atoms with Crippen LogP contribution in [0.25, 0.3) is 44.5 Å². The van der Waals surface area contributed by atoms with Crippen LogP contribution in [0.3, 0.4) is 0 Å². The number of ether oxygens (including phenoxy) is 1. The topological polar surface area (TPSA) is 29.5 Å². The van der Waals surface area contributed by atoms with E-state index in [1.807, 2.05) is 6.07 Å². The SMILES string of the molecule is Cc1cc(-c2ccc(-c3ccccc3)c3c2Cc2cccc(-c4ccccc4)c2-3)ccc1OCCO. The van der Waals surface area contributed by atoms with E-state index in [4.69, 9.17) is 9.84 Å². The lowest BCUT2D eigenvalue weighted by atomic mass is 9.86. The van der Waals surface area contributed by atoms with Crippen molar-refractivity contribution in [1.82, 2.24) is 0 Å². The fourth-order valence-electron chi connectivity index (χ4n) is 5.47. The maximum atomic E-state index is 9.14. The van der Waals surface area contributed by atoms with Crippen molar-refractivity contribution in [3.63, 3.8) is 0 Å². The van der Waals surface area contributed by atoms with Crippen LogP contribution in [0.4, 0.5) is 0 Å². The smallest absolute Gasteiger partial charge is 0.122 e. The van der Waals surface area contributed by atoms with E-state index in [2.05, 4.69) is 110 Å². The van der Waals surface area contributed by atoms with Gasteiger partial charge in [0.2, 0.25) is 0 Å². The van der Waals surface area contributed by atoms with E-state index in [0.717, 1.165) is 17.7 Å². The van der Waals surface area contributed by atoms with Gasteiger partial charge >= 0.3 is 0 Å². The first-order valence-electron chi connectivity index (χ1n) is 12.5. The molecule has 36 heavy (non-hydrogen) atoms. The molecule has 0 radical (unpaired) electrons. The first kappa shape index (κ1) is 22.3. The van der Waals surface area contributed by atoms with Crippen molar-refractivity contribution < 1.29 is 9.84 Å². The molecule has 1 N–H and O–H groups in total. The standard InChI is InChI=1S/C34H28O2/c1-23-21-26(15-18-32(23)36-20-19-35)28-16-17-30(25-11-6-3-7-12-25)34-31(28)22-27-13-8-14-29(33(27)34)24-9-4-2-5-10-24/h2-18,21,35H,19-20,22H2,1H3. The molecule has 5 aromatic rings. The molecule has 1 aliphatic carbocycles. The Morgan fingerprint density at radius 2 is 1.31 bits per heavy atom. The Labute approximate surface area is 212 Å². The Hall–Kier alpha value is -4.14. The number of hydrogen-bond acceptors (Lipinski definition) is 2. The molecule has 0 amide bonds. The van der Waals surface area contributed by atoms with E-state index in [-0.39, 0.29) is 6.61 Å². The minimum Gasteiger partial charge on any atom is -0.491 e. The fourth-order valence-corrected chi connectivity index (χ4v) is 5.47. The Morgan fingerprint density at radius 3 is 1.97 bits per heavy atom. The van der Waals surface area contributed by atoms with Crippen LogP contribution >= 0.6 is 0 Å². The summed E-state index contributed by atoms with van der Waals surface area (Å²) >= 11 is 0. The molecule has 0 saturated carbocycles. The average molecular weight is 469 g/mol. The van der Waals surface area contributed by atoms with Crippen LogP contribution in [-0.2, 0) is 6.42 Å². The number of aliphatic hydroxyl groups excluding tert-OH is 1. The molecule has 0 unspecified atom stereocenters. The average Bonchev–Trinajstić information content (AvgIpc) is 3.33. The second-order valence-electron chi connectivity index (χ2n) is 9.32. The van der Waals surface area contributed by atoms with Crippen molar-refractivity contribution in [1.29, 1.82) is 0 Å². The lowest BCUT2D eigenvalue weighted by molar-refractivity contribution is 0.200. The maximum Gasteiger partial charge on any atom is 0.122 e. The van der Waals surface area contributed by atoms with Gasteiger partial charge in [0.25, 0.3) is 0 Å². The zero-order chi connectivity index (χ0) is 24.5. The van der Waals surface area contributed by atoms with Crippen LogP contribution in [0.15, 0.2) is 109 Å². The summed E-state index contributed by atoms with van der Waals surface area (Å²) in [6.07, 6.45) is 0.906. The largest absolute Gasteiger partial charge is 0.491 e. The molecule has 5 aromatic carbocycles. The highest BCUT2D eigenvalue weighted by atomic mass is 16.5. The lowest BCUT2D eigenvalue weighted by Crippen LogP contribution is -2.02. The number of aryl methyl sites for hydroxylation is 1.